The molecular formula is C27H32N6O6. The summed E-state index contributed by atoms with van der Waals surface area (Å²) in [4.78, 5) is 35.3. The van der Waals surface area contributed by atoms with Crippen molar-refractivity contribution in [3.63, 3.8) is 0 Å². The van der Waals surface area contributed by atoms with Crippen LogP contribution in [-0.4, -0.2) is 79.1 Å². The topological polar surface area (TPSA) is 159 Å². The third-order valence-corrected chi connectivity index (χ3v) is 7.72. The number of urea groups is 1. The Morgan fingerprint density at radius 2 is 2.15 bits per heavy atom. The predicted octanol–water partition coefficient (Wildman–Crippen LogP) is 2.57. The maximum Gasteiger partial charge on any atom is 0.328 e. The van der Waals surface area contributed by atoms with E-state index in [4.69, 9.17) is 14.2 Å². The molecule has 2 aliphatic heterocycles. The number of aldehydes is 1. The predicted molar refractivity (Wildman–Crippen MR) is 141 cm³/mol. The Morgan fingerprint density at radius 1 is 1.33 bits per heavy atom. The number of aliphatic hydroxyl groups excluding tert-OH is 1. The third kappa shape index (κ3) is 5.18. The first-order valence-corrected chi connectivity index (χ1v) is 13.0. The number of aliphatic hydroxyl groups is 1. The summed E-state index contributed by atoms with van der Waals surface area (Å²) in [7, 11) is 3.18. The number of nitrogens with zero attached hydrogens (tertiary/aromatic N) is 4. The summed E-state index contributed by atoms with van der Waals surface area (Å²) in [6, 6.07) is 6.51. The van der Waals surface area contributed by atoms with Crippen molar-refractivity contribution >= 4 is 29.6 Å². The van der Waals surface area contributed by atoms with Crippen LogP contribution in [0.25, 0.3) is 0 Å². The number of carbonyl (C=O) groups is 2. The molecule has 4 heterocycles. The lowest BCUT2D eigenvalue weighted by Gasteiger charge is -2.56. The molecule has 6 rings (SSSR count). The van der Waals surface area contributed by atoms with Crippen molar-refractivity contribution in [2.45, 2.75) is 62.0 Å². The number of hydrogen-bond donors (Lipinski definition) is 3. The Hall–Kier alpha value is -3.63. The molecular weight excluding hydrogens is 504 g/mol. The summed E-state index contributed by atoms with van der Waals surface area (Å²) >= 11 is 0. The number of ether oxygens (including phenoxy) is 3. The fourth-order valence-electron chi connectivity index (χ4n) is 5.77. The lowest BCUT2D eigenvalue weighted by molar-refractivity contribution is -0.148. The zero-order valence-corrected chi connectivity index (χ0v) is 21.9. The molecule has 2 bridgehead atoms. The van der Waals surface area contributed by atoms with Gasteiger partial charge in [-0.2, -0.15) is 5.26 Å². The summed E-state index contributed by atoms with van der Waals surface area (Å²) in [5.41, 5.74) is 1.10. The molecule has 2 saturated carbocycles. The second-order valence-electron chi connectivity index (χ2n) is 10.2. The van der Waals surface area contributed by atoms with Crippen LogP contribution in [0.2, 0.25) is 0 Å². The molecule has 0 aromatic carbocycles. The van der Waals surface area contributed by atoms with Crippen LogP contribution in [0, 0.1) is 11.3 Å². The first kappa shape index (κ1) is 27.0. The lowest BCUT2D eigenvalue weighted by atomic mass is 9.67. The Kier molecular flexibility index (Phi) is 7.76. The lowest BCUT2D eigenvalue weighted by Crippen LogP contribution is -2.63. The van der Waals surface area contributed by atoms with Crippen LogP contribution in [0.5, 0.6) is 0 Å². The van der Waals surface area contributed by atoms with E-state index in [1.165, 1.54) is 18.2 Å². The Morgan fingerprint density at radius 3 is 2.87 bits per heavy atom. The van der Waals surface area contributed by atoms with Gasteiger partial charge in [-0.15, -0.1) is 0 Å². The largest absolute Gasteiger partial charge is 0.388 e. The van der Waals surface area contributed by atoms with E-state index in [2.05, 4.69) is 26.7 Å². The average molecular weight is 537 g/mol. The number of carbonyl (C=O) groups excluding carboxylic acids is 2. The van der Waals surface area contributed by atoms with Gasteiger partial charge in [0.05, 0.1) is 36.6 Å². The first-order chi connectivity index (χ1) is 18.9. The van der Waals surface area contributed by atoms with E-state index in [9.17, 15) is 20.0 Å². The van der Waals surface area contributed by atoms with Crippen molar-refractivity contribution in [2.24, 2.45) is 0 Å². The number of aromatic nitrogens is 2. The molecule has 2 fully saturated rings. The zero-order valence-electron chi connectivity index (χ0n) is 21.9. The van der Waals surface area contributed by atoms with Crippen LogP contribution in [0.3, 0.4) is 0 Å². The van der Waals surface area contributed by atoms with E-state index in [-0.39, 0.29) is 42.9 Å². The Balaban J connectivity index is 1.37. The second-order valence-corrected chi connectivity index (χ2v) is 10.2. The van der Waals surface area contributed by atoms with Crippen LogP contribution >= 0.6 is 0 Å². The van der Waals surface area contributed by atoms with Gasteiger partial charge in [0.2, 0.25) is 0 Å². The third-order valence-electron chi connectivity index (χ3n) is 7.72. The molecule has 39 heavy (non-hydrogen) atoms. The number of methoxy groups -OCH3 is 2. The van der Waals surface area contributed by atoms with Crippen LogP contribution in [-0.2, 0) is 19.8 Å². The molecule has 4 aliphatic rings. The van der Waals surface area contributed by atoms with Gasteiger partial charge in [0.25, 0.3) is 0 Å². The number of anilines is 3. The Bertz CT molecular complexity index is 1280. The fourth-order valence-corrected chi connectivity index (χ4v) is 5.77. The highest BCUT2D eigenvalue weighted by Crippen LogP contribution is 2.55. The summed E-state index contributed by atoms with van der Waals surface area (Å²) in [5, 5.41) is 25.9. The van der Waals surface area contributed by atoms with Gasteiger partial charge in [-0.3, -0.25) is 15.0 Å². The van der Waals surface area contributed by atoms with Crippen molar-refractivity contribution in [1.82, 2.24) is 9.97 Å². The van der Waals surface area contributed by atoms with Crippen molar-refractivity contribution in [3.05, 3.63) is 41.2 Å². The monoisotopic (exact) mass is 536 g/mol. The highest BCUT2D eigenvalue weighted by atomic mass is 16.5. The molecule has 3 atom stereocenters. The summed E-state index contributed by atoms with van der Waals surface area (Å²) in [6.45, 7) is 0.210. The quantitative estimate of drug-likeness (QED) is 0.385. The molecule has 12 heteroatoms. The molecule has 3 N–H and O–H groups in total. The number of pyridine rings is 2. The van der Waals surface area contributed by atoms with Gasteiger partial charge in [-0.05, 0) is 25.3 Å². The smallest absolute Gasteiger partial charge is 0.328 e. The number of hydrogen-bond acceptors (Lipinski definition) is 10. The molecule has 2 aromatic heterocycles. The minimum atomic E-state index is -0.788. The van der Waals surface area contributed by atoms with Crippen LogP contribution in [0.4, 0.5) is 22.1 Å². The molecule has 2 aromatic rings. The SMILES string of the molecule is COCC(O)COC12CC(C1)N(C(=O)Nc1cc(NC3CCCC3OC)c(C#N)cn1)c1nc(C=O)ccc12. The molecule has 0 saturated heterocycles. The molecule has 2 amide bonds. The Labute approximate surface area is 226 Å². The van der Waals surface area contributed by atoms with Gasteiger partial charge in [0, 0.05) is 50.9 Å². The summed E-state index contributed by atoms with van der Waals surface area (Å²) in [6.07, 6.45) is 5.22. The normalized spacial score (nSPS) is 25.7. The molecule has 206 valence electrons. The summed E-state index contributed by atoms with van der Waals surface area (Å²) < 4.78 is 16.7. The first-order valence-electron chi connectivity index (χ1n) is 13.0. The number of nitrogens with one attached hydrogen (secondary N) is 2. The fraction of sp³-hybridized carbons (Fsp3) is 0.519. The van der Waals surface area contributed by atoms with Gasteiger partial charge < -0.3 is 24.6 Å². The van der Waals surface area contributed by atoms with E-state index in [1.807, 2.05) is 0 Å². The maximum atomic E-state index is 13.6. The molecule has 0 radical (unpaired) electrons. The van der Waals surface area contributed by atoms with Crippen molar-refractivity contribution in [3.8, 4) is 6.07 Å². The van der Waals surface area contributed by atoms with Gasteiger partial charge in [-0.25, -0.2) is 14.8 Å². The van der Waals surface area contributed by atoms with Gasteiger partial charge in [-0.1, -0.05) is 6.07 Å². The van der Waals surface area contributed by atoms with Crippen LogP contribution in [0.15, 0.2) is 24.4 Å². The molecule has 12 nitrogen and oxygen atoms in total. The average Bonchev–Trinajstić information content (AvgIpc) is 3.38. The van der Waals surface area contributed by atoms with Crippen molar-refractivity contribution in [1.29, 1.82) is 5.26 Å². The number of amides is 2. The van der Waals surface area contributed by atoms with Crippen molar-refractivity contribution in [2.75, 3.05) is 43.0 Å². The highest BCUT2D eigenvalue weighted by molar-refractivity contribution is 6.03. The van der Waals surface area contributed by atoms with E-state index >= 15 is 0 Å². The minimum absolute atomic E-state index is 0.0439. The molecule has 2 aliphatic carbocycles. The highest BCUT2D eigenvalue weighted by Gasteiger charge is 2.57. The van der Waals surface area contributed by atoms with E-state index in [1.54, 1.807) is 25.3 Å². The maximum absolute atomic E-state index is 13.6. The number of nitriles is 1. The minimum Gasteiger partial charge on any atom is -0.388 e. The van der Waals surface area contributed by atoms with E-state index in [0.717, 1.165) is 19.3 Å². The molecule has 0 spiro atoms. The van der Waals surface area contributed by atoms with Gasteiger partial charge >= 0.3 is 6.03 Å². The zero-order chi connectivity index (χ0) is 27.6. The standard InChI is InChI=1S/C27H32N6O6/c1-37-14-19(35)15-39-27-9-18(10-27)33(25-20(27)7-6-17(13-34)30-25)26(36)32-24-8-22(16(11-28)12-29-24)31-21-4-3-5-23(21)38-2/h6-8,12-13,18-19,21,23,35H,3-5,9-10,14-15H2,1-2H3,(H2,29,31,32,36). The van der Waals surface area contributed by atoms with Gasteiger partial charge in [0.15, 0.2) is 6.29 Å². The second kappa shape index (κ2) is 11.2. The molecule has 3 unspecified atom stereocenters. The van der Waals surface area contributed by atoms with Crippen LogP contribution in [0.1, 0.15) is 53.7 Å². The summed E-state index contributed by atoms with van der Waals surface area (Å²) in [5.74, 6) is 0.610. The van der Waals surface area contributed by atoms with Gasteiger partial charge in [0.1, 0.15) is 35.1 Å². The van der Waals surface area contributed by atoms with E-state index in [0.29, 0.717) is 41.8 Å². The van der Waals surface area contributed by atoms with Crippen LogP contribution < -0.4 is 15.5 Å². The number of rotatable bonds is 10. The van der Waals surface area contributed by atoms with E-state index < -0.39 is 17.7 Å². The van der Waals surface area contributed by atoms with Crippen molar-refractivity contribution < 1.29 is 28.9 Å².